The largest absolute Gasteiger partial charge is 0.323 e. The van der Waals surface area contributed by atoms with E-state index in [2.05, 4.69) is 10.0 Å². The van der Waals surface area contributed by atoms with Gasteiger partial charge in [0.05, 0.1) is 15.7 Å². The second kappa shape index (κ2) is 4.65. The highest BCUT2D eigenvalue weighted by atomic mass is 32.2. The number of rotatable bonds is 2. The highest BCUT2D eigenvalue weighted by Gasteiger charge is 2.50. The van der Waals surface area contributed by atoms with Crippen molar-refractivity contribution in [2.45, 2.75) is 31.1 Å². The normalized spacial score (nSPS) is 22.9. The summed E-state index contributed by atoms with van der Waals surface area (Å²) in [5.74, 6) is -1.22. The van der Waals surface area contributed by atoms with Gasteiger partial charge in [0.1, 0.15) is 11.9 Å². The van der Waals surface area contributed by atoms with Gasteiger partial charge in [-0.15, -0.1) is 0 Å². The number of halogens is 1. The second-order valence-electron chi connectivity index (χ2n) is 5.49. The Balaban J connectivity index is 2.52. The zero-order valence-corrected chi connectivity index (χ0v) is 12.1. The molecule has 1 aliphatic heterocycles. The fourth-order valence-electron chi connectivity index (χ4n) is 1.80. The molecular formula is C13H14FN3O2S. The lowest BCUT2D eigenvalue weighted by Crippen LogP contribution is -2.51. The minimum Gasteiger partial charge on any atom is -0.323 e. The van der Waals surface area contributed by atoms with Crippen LogP contribution in [0.1, 0.15) is 26.3 Å². The number of carbonyl (C=O) groups excluding carboxylic acids is 1. The summed E-state index contributed by atoms with van der Waals surface area (Å²) in [6.45, 7) is 5.13. The van der Waals surface area contributed by atoms with Crippen molar-refractivity contribution in [2.75, 3.05) is 5.32 Å². The molecule has 2 rings (SSSR count). The molecule has 0 fully saturated rings. The van der Waals surface area contributed by atoms with Crippen molar-refractivity contribution in [3.8, 4) is 6.07 Å². The Bertz CT molecular complexity index is 648. The van der Waals surface area contributed by atoms with Crippen molar-refractivity contribution >= 4 is 22.6 Å². The number of hydrogen-bond donors (Lipinski definition) is 2. The molecule has 1 aromatic rings. The summed E-state index contributed by atoms with van der Waals surface area (Å²) >= 11 is 0. The minimum absolute atomic E-state index is 0.155. The fraction of sp³-hybridized carbons (Fsp3) is 0.385. The molecule has 20 heavy (non-hydrogen) atoms. The maximum atomic E-state index is 13.4. The molecule has 0 radical (unpaired) electrons. The van der Waals surface area contributed by atoms with Gasteiger partial charge >= 0.3 is 0 Å². The molecule has 0 bridgehead atoms. The van der Waals surface area contributed by atoms with Gasteiger partial charge in [-0.25, -0.2) is 13.3 Å². The van der Waals surface area contributed by atoms with Crippen molar-refractivity contribution in [1.29, 1.82) is 5.26 Å². The van der Waals surface area contributed by atoms with Crippen molar-refractivity contribution in [3.63, 3.8) is 0 Å². The number of benzene rings is 1. The lowest BCUT2D eigenvalue weighted by Gasteiger charge is -2.26. The van der Waals surface area contributed by atoms with Crippen molar-refractivity contribution in [3.05, 3.63) is 29.6 Å². The smallest absolute Gasteiger partial charge is 0.265 e. The average Bonchev–Trinajstić information content (AvgIpc) is 2.61. The Kier molecular flexibility index (Phi) is 3.40. The Morgan fingerprint density at radius 2 is 2.10 bits per heavy atom. The maximum Gasteiger partial charge on any atom is 0.265 e. The number of nitrogens with one attached hydrogen (secondary N) is 2. The van der Waals surface area contributed by atoms with Crippen LogP contribution >= 0.6 is 0 Å². The fourth-order valence-corrected chi connectivity index (χ4v) is 2.63. The number of amides is 1. The van der Waals surface area contributed by atoms with Crippen LogP contribution in [0.25, 0.3) is 0 Å². The molecule has 0 saturated heterocycles. The summed E-state index contributed by atoms with van der Waals surface area (Å²) < 4.78 is 27.5. The highest BCUT2D eigenvalue weighted by molar-refractivity contribution is 7.84. The molecule has 0 saturated carbocycles. The highest BCUT2D eigenvalue weighted by Crippen LogP contribution is 2.37. The van der Waals surface area contributed by atoms with Crippen LogP contribution in [-0.2, 0) is 21.3 Å². The Morgan fingerprint density at radius 1 is 1.45 bits per heavy atom. The van der Waals surface area contributed by atoms with Crippen LogP contribution in [0.4, 0.5) is 10.1 Å². The topological polar surface area (TPSA) is 82.0 Å². The van der Waals surface area contributed by atoms with Crippen LogP contribution < -0.4 is 10.0 Å². The predicted molar refractivity (Wildman–Crippen MR) is 73.4 cm³/mol. The van der Waals surface area contributed by atoms with E-state index in [1.807, 2.05) is 6.07 Å². The molecular weight excluding hydrogens is 281 g/mol. The van der Waals surface area contributed by atoms with E-state index in [0.29, 0.717) is 5.69 Å². The molecule has 1 heterocycles. The number of nitrogens with zero attached hydrogens (tertiary/aromatic N) is 1. The Morgan fingerprint density at radius 3 is 2.65 bits per heavy atom. The van der Waals surface area contributed by atoms with Gasteiger partial charge in [-0.3, -0.25) is 4.79 Å². The monoisotopic (exact) mass is 295 g/mol. The van der Waals surface area contributed by atoms with E-state index < -0.39 is 33.0 Å². The first-order valence-electron chi connectivity index (χ1n) is 5.93. The van der Waals surface area contributed by atoms with Crippen molar-refractivity contribution < 1.29 is 13.4 Å². The van der Waals surface area contributed by atoms with Crippen LogP contribution in [0.2, 0.25) is 0 Å². The predicted octanol–water partition coefficient (Wildman–Crippen LogP) is 1.55. The first-order chi connectivity index (χ1) is 9.20. The third-order valence-corrected chi connectivity index (χ3v) is 4.55. The van der Waals surface area contributed by atoms with Crippen LogP contribution in [0, 0.1) is 17.1 Å². The van der Waals surface area contributed by atoms with Crippen LogP contribution in [0.15, 0.2) is 18.2 Å². The molecule has 0 aromatic heterocycles. The summed E-state index contributed by atoms with van der Waals surface area (Å²) in [4.78, 5) is 12.1. The van der Waals surface area contributed by atoms with Crippen LogP contribution in [0.5, 0.6) is 0 Å². The van der Waals surface area contributed by atoms with E-state index in [9.17, 15) is 18.7 Å². The minimum atomic E-state index is -1.84. The van der Waals surface area contributed by atoms with E-state index in [1.165, 1.54) is 12.1 Å². The third-order valence-electron chi connectivity index (χ3n) is 2.94. The quantitative estimate of drug-likeness (QED) is 0.868. The third kappa shape index (κ3) is 2.21. The zero-order chi connectivity index (χ0) is 15.1. The Labute approximate surface area is 118 Å². The molecule has 1 aromatic carbocycles. The Hall–Kier alpha value is -1.78. The molecule has 7 heteroatoms. The number of nitriles is 1. The molecule has 2 atom stereocenters. The molecule has 1 aliphatic rings. The summed E-state index contributed by atoms with van der Waals surface area (Å²) in [6.07, 6.45) is 0. The summed E-state index contributed by atoms with van der Waals surface area (Å²) in [5, 5.41) is 11.9. The van der Waals surface area contributed by atoms with Gasteiger partial charge in [-0.2, -0.15) is 5.26 Å². The summed E-state index contributed by atoms with van der Waals surface area (Å²) in [7, 11) is -1.66. The van der Waals surface area contributed by atoms with Gasteiger partial charge < -0.3 is 5.32 Å². The standard InChI is InChI=1S/C13H14FN3O2S/c1-12(2,3)20(19)17-13(7-15)9-6-8(14)4-5-10(9)16-11(13)18/h4-6,17H,1-3H3,(H,16,18)/t13-,20-/m1/s1. The van der Waals surface area contributed by atoms with Crippen molar-refractivity contribution in [1.82, 2.24) is 4.72 Å². The van der Waals surface area contributed by atoms with E-state index in [0.717, 1.165) is 6.07 Å². The van der Waals surface area contributed by atoms with Gasteiger partial charge in [0.2, 0.25) is 5.54 Å². The first kappa shape index (κ1) is 14.6. The van der Waals surface area contributed by atoms with E-state index in [1.54, 1.807) is 20.8 Å². The molecule has 5 nitrogen and oxygen atoms in total. The van der Waals surface area contributed by atoms with Gasteiger partial charge in [0.15, 0.2) is 0 Å². The molecule has 0 aliphatic carbocycles. The van der Waals surface area contributed by atoms with E-state index >= 15 is 0 Å². The van der Waals surface area contributed by atoms with Gasteiger partial charge in [0, 0.05) is 11.3 Å². The first-order valence-corrected chi connectivity index (χ1v) is 7.08. The van der Waals surface area contributed by atoms with Crippen LogP contribution in [-0.4, -0.2) is 14.9 Å². The van der Waals surface area contributed by atoms with Gasteiger partial charge in [-0.1, -0.05) is 0 Å². The molecule has 106 valence electrons. The van der Waals surface area contributed by atoms with Crippen LogP contribution in [0.3, 0.4) is 0 Å². The average molecular weight is 295 g/mol. The summed E-state index contributed by atoms with van der Waals surface area (Å²) in [5.41, 5.74) is -1.34. The lowest BCUT2D eigenvalue weighted by atomic mass is 9.94. The number of hydrogen-bond acceptors (Lipinski definition) is 3. The van der Waals surface area contributed by atoms with Gasteiger partial charge in [-0.05, 0) is 39.0 Å². The molecule has 2 N–H and O–H groups in total. The van der Waals surface area contributed by atoms with E-state index in [-0.39, 0.29) is 5.56 Å². The lowest BCUT2D eigenvalue weighted by molar-refractivity contribution is -0.119. The van der Waals surface area contributed by atoms with Crippen molar-refractivity contribution in [2.24, 2.45) is 0 Å². The maximum absolute atomic E-state index is 13.4. The molecule has 0 unspecified atom stereocenters. The zero-order valence-electron chi connectivity index (χ0n) is 11.3. The van der Waals surface area contributed by atoms with Gasteiger partial charge in [0.25, 0.3) is 5.91 Å². The molecule has 0 spiro atoms. The SMILES string of the molecule is CC(C)(C)[S@@](=O)N[C@@]1(C#N)C(=O)Nc2ccc(F)cc21. The van der Waals surface area contributed by atoms with E-state index in [4.69, 9.17) is 0 Å². The molecule has 1 amide bonds. The summed E-state index contributed by atoms with van der Waals surface area (Å²) in [6, 6.07) is 5.50. The second-order valence-corrected chi connectivity index (χ2v) is 7.46. The number of carbonyl (C=O) groups is 1. The number of anilines is 1. The number of fused-ring (bicyclic) bond motifs is 1.